The van der Waals surface area contributed by atoms with Gasteiger partial charge in [-0.25, -0.2) is 4.39 Å². The Hall–Kier alpha value is -1.53. The predicted molar refractivity (Wildman–Crippen MR) is 77.1 cm³/mol. The Labute approximate surface area is 118 Å². The number of nitrogens with zero attached hydrogens (tertiary/aromatic N) is 2. The Balaban J connectivity index is 2.44. The molecular formula is C14H22FN3O2. The van der Waals surface area contributed by atoms with Gasteiger partial charge in [0.15, 0.2) is 0 Å². The van der Waals surface area contributed by atoms with Gasteiger partial charge in [-0.1, -0.05) is 6.92 Å². The van der Waals surface area contributed by atoms with E-state index in [1.54, 1.807) is 0 Å². The van der Waals surface area contributed by atoms with Crippen LogP contribution in [0.4, 0.5) is 10.1 Å². The molecule has 0 aliphatic carbocycles. The van der Waals surface area contributed by atoms with Gasteiger partial charge in [-0.05, 0) is 32.0 Å². The van der Waals surface area contributed by atoms with E-state index in [0.717, 1.165) is 25.6 Å². The zero-order valence-corrected chi connectivity index (χ0v) is 12.2. The van der Waals surface area contributed by atoms with Gasteiger partial charge in [0, 0.05) is 31.7 Å². The summed E-state index contributed by atoms with van der Waals surface area (Å²) in [6.45, 7) is 6.36. The number of halogens is 1. The first kappa shape index (κ1) is 16.5. The second-order valence-corrected chi connectivity index (χ2v) is 4.99. The largest absolute Gasteiger partial charge is 0.311 e. The lowest BCUT2D eigenvalue weighted by atomic mass is 10.2. The number of hydrogen-bond donors (Lipinski definition) is 1. The number of hydrogen-bond acceptors (Lipinski definition) is 4. The van der Waals surface area contributed by atoms with Crippen molar-refractivity contribution in [3.05, 3.63) is 39.7 Å². The molecule has 1 unspecified atom stereocenters. The topological polar surface area (TPSA) is 58.4 Å². The molecule has 1 rings (SSSR count). The number of likely N-dealkylation sites (N-methyl/N-ethyl adjacent to an activating group) is 1. The molecule has 5 nitrogen and oxygen atoms in total. The van der Waals surface area contributed by atoms with Crippen molar-refractivity contribution in [2.75, 3.05) is 20.1 Å². The van der Waals surface area contributed by atoms with E-state index in [4.69, 9.17) is 0 Å². The Morgan fingerprint density at radius 1 is 1.45 bits per heavy atom. The van der Waals surface area contributed by atoms with Gasteiger partial charge in [-0.15, -0.1) is 0 Å². The van der Waals surface area contributed by atoms with E-state index in [1.165, 1.54) is 12.1 Å². The van der Waals surface area contributed by atoms with E-state index in [0.29, 0.717) is 18.2 Å². The maximum Gasteiger partial charge on any atom is 0.272 e. The molecule has 0 bridgehead atoms. The summed E-state index contributed by atoms with van der Waals surface area (Å²) >= 11 is 0. The van der Waals surface area contributed by atoms with Crippen LogP contribution >= 0.6 is 0 Å². The summed E-state index contributed by atoms with van der Waals surface area (Å²) in [5.41, 5.74) is 0.376. The summed E-state index contributed by atoms with van der Waals surface area (Å²) in [5, 5.41) is 13.8. The van der Waals surface area contributed by atoms with Gasteiger partial charge in [-0.3, -0.25) is 10.1 Å². The molecule has 112 valence electrons. The molecule has 1 N–H and O–H groups in total. The van der Waals surface area contributed by atoms with Gasteiger partial charge in [0.25, 0.3) is 5.69 Å². The van der Waals surface area contributed by atoms with Crippen LogP contribution in [-0.4, -0.2) is 36.0 Å². The van der Waals surface area contributed by atoms with E-state index in [-0.39, 0.29) is 5.69 Å². The van der Waals surface area contributed by atoms with Gasteiger partial charge < -0.3 is 10.2 Å². The van der Waals surface area contributed by atoms with Crippen molar-refractivity contribution in [2.45, 2.75) is 32.9 Å². The van der Waals surface area contributed by atoms with Crippen molar-refractivity contribution in [1.29, 1.82) is 0 Å². The molecule has 0 radical (unpaired) electrons. The second kappa shape index (κ2) is 7.91. The third-order valence-electron chi connectivity index (χ3n) is 3.47. The maximum absolute atomic E-state index is 13.2. The molecule has 1 aromatic carbocycles. The fourth-order valence-corrected chi connectivity index (χ4v) is 1.86. The third kappa shape index (κ3) is 5.22. The van der Waals surface area contributed by atoms with Crippen molar-refractivity contribution in [3.63, 3.8) is 0 Å². The molecule has 0 amide bonds. The molecule has 0 spiro atoms. The second-order valence-electron chi connectivity index (χ2n) is 4.99. The lowest BCUT2D eigenvalue weighted by Crippen LogP contribution is -2.34. The highest BCUT2D eigenvalue weighted by molar-refractivity contribution is 5.35. The summed E-state index contributed by atoms with van der Waals surface area (Å²) in [6.07, 6.45) is 1.09. The number of non-ortho nitro benzene ring substituents is 1. The number of benzene rings is 1. The Morgan fingerprint density at radius 2 is 2.15 bits per heavy atom. The molecule has 0 aliphatic heterocycles. The highest BCUT2D eigenvalue weighted by Gasteiger charge is 2.10. The zero-order chi connectivity index (χ0) is 15.1. The number of nitro groups is 1. The first-order valence-corrected chi connectivity index (χ1v) is 6.78. The Bertz CT molecular complexity index is 454. The third-order valence-corrected chi connectivity index (χ3v) is 3.47. The number of nitro benzene ring substituents is 1. The molecule has 0 fully saturated rings. The standard InChI is InChI=1S/C14H22FN3O2/c1-4-11(2)17(3)6-5-16-10-12-7-13(15)9-14(8-12)18(19)20/h7-9,11,16H,4-6,10H2,1-3H3. The van der Waals surface area contributed by atoms with Crippen LogP contribution in [0, 0.1) is 15.9 Å². The molecule has 0 aromatic heterocycles. The quantitative estimate of drug-likeness (QED) is 0.452. The van der Waals surface area contributed by atoms with Crippen LogP contribution in [0.1, 0.15) is 25.8 Å². The van der Waals surface area contributed by atoms with Crippen molar-refractivity contribution in [3.8, 4) is 0 Å². The van der Waals surface area contributed by atoms with Crippen molar-refractivity contribution >= 4 is 5.69 Å². The van der Waals surface area contributed by atoms with E-state index < -0.39 is 10.7 Å². The molecule has 20 heavy (non-hydrogen) atoms. The highest BCUT2D eigenvalue weighted by atomic mass is 19.1. The minimum atomic E-state index is -0.580. The Morgan fingerprint density at radius 3 is 2.75 bits per heavy atom. The minimum absolute atomic E-state index is 0.210. The highest BCUT2D eigenvalue weighted by Crippen LogP contribution is 2.16. The molecule has 0 saturated heterocycles. The maximum atomic E-state index is 13.2. The van der Waals surface area contributed by atoms with Gasteiger partial charge >= 0.3 is 0 Å². The molecule has 0 saturated carbocycles. The summed E-state index contributed by atoms with van der Waals surface area (Å²) < 4.78 is 13.2. The van der Waals surface area contributed by atoms with Crippen LogP contribution in [0.15, 0.2) is 18.2 Å². The first-order valence-electron chi connectivity index (χ1n) is 6.78. The molecule has 1 aromatic rings. The smallest absolute Gasteiger partial charge is 0.272 e. The lowest BCUT2D eigenvalue weighted by molar-refractivity contribution is -0.385. The SMILES string of the molecule is CCC(C)N(C)CCNCc1cc(F)cc([N+](=O)[O-])c1. The fourth-order valence-electron chi connectivity index (χ4n) is 1.86. The lowest BCUT2D eigenvalue weighted by Gasteiger charge is -2.23. The normalized spacial score (nSPS) is 12.7. The minimum Gasteiger partial charge on any atom is -0.311 e. The van der Waals surface area contributed by atoms with Crippen LogP contribution in [-0.2, 0) is 6.54 Å². The van der Waals surface area contributed by atoms with E-state index in [1.807, 2.05) is 0 Å². The molecule has 0 aliphatic rings. The van der Waals surface area contributed by atoms with E-state index in [2.05, 4.69) is 31.1 Å². The molecule has 6 heteroatoms. The average Bonchev–Trinajstić information content (AvgIpc) is 2.41. The molecule has 1 atom stereocenters. The van der Waals surface area contributed by atoms with Crippen LogP contribution in [0.25, 0.3) is 0 Å². The van der Waals surface area contributed by atoms with Crippen molar-refractivity contribution < 1.29 is 9.31 Å². The molecular weight excluding hydrogens is 261 g/mol. The van der Waals surface area contributed by atoms with Crippen LogP contribution < -0.4 is 5.32 Å². The molecule has 0 heterocycles. The van der Waals surface area contributed by atoms with E-state index >= 15 is 0 Å². The van der Waals surface area contributed by atoms with Gasteiger partial charge in [-0.2, -0.15) is 0 Å². The first-order chi connectivity index (χ1) is 9.43. The van der Waals surface area contributed by atoms with Gasteiger partial charge in [0.1, 0.15) is 5.82 Å². The van der Waals surface area contributed by atoms with Crippen LogP contribution in [0.2, 0.25) is 0 Å². The Kier molecular flexibility index (Phi) is 6.54. The average molecular weight is 283 g/mol. The zero-order valence-electron chi connectivity index (χ0n) is 12.2. The monoisotopic (exact) mass is 283 g/mol. The summed E-state index contributed by atoms with van der Waals surface area (Å²) in [7, 11) is 2.06. The number of rotatable bonds is 8. The van der Waals surface area contributed by atoms with Gasteiger partial charge in [0.05, 0.1) is 11.0 Å². The summed E-state index contributed by atoms with van der Waals surface area (Å²) in [4.78, 5) is 12.3. The van der Waals surface area contributed by atoms with Gasteiger partial charge in [0.2, 0.25) is 0 Å². The summed E-state index contributed by atoms with van der Waals surface area (Å²) in [6, 6.07) is 4.17. The fraction of sp³-hybridized carbons (Fsp3) is 0.571. The summed E-state index contributed by atoms with van der Waals surface area (Å²) in [5.74, 6) is -0.576. The number of nitrogens with one attached hydrogen (secondary N) is 1. The van der Waals surface area contributed by atoms with Crippen molar-refractivity contribution in [2.24, 2.45) is 0 Å². The van der Waals surface area contributed by atoms with Crippen LogP contribution in [0.5, 0.6) is 0 Å². The van der Waals surface area contributed by atoms with Crippen LogP contribution in [0.3, 0.4) is 0 Å². The van der Waals surface area contributed by atoms with Crippen molar-refractivity contribution in [1.82, 2.24) is 10.2 Å². The predicted octanol–water partition coefficient (Wildman–Crippen LogP) is 2.55. The van der Waals surface area contributed by atoms with E-state index in [9.17, 15) is 14.5 Å².